The zero-order valence-electron chi connectivity index (χ0n) is 18.4. The van der Waals surface area contributed by atoms with Gasteiger partial charge in [-0.25, -0.2) is 4.39 Å². The molecule has 5 heteroatoms. The average molecular weight is 466 g/mol. The second kappa shape index (κ2) is 10.1. The van der Waals surface area contributed by atoms with E-state index in [1.807, 2.05) is 31.2 Å². The maximum Gasteiger partial charge on any atom is 0.231 e. The number of thioether (sulfide) groups is 2. The van der Waals surface area contributed by atoms with Crippen LogP contribution in [0.3, 0.4) is 0 Å². The second-order valence-electron chi connectivity index (χ2n) is 8.08. The largest absolute Gasteiger partial charge is 0.326 e. The van der Waals surface area contributed by atoms with Gasteiger partial charge in [-0.3, -0.25) is 4.79 Å². The van der Waals surface area contributed by atoms with Crippen LogP contribution in [0.15, 0.2) is 82.6 Å². The van der Waals surface area contributed by atoms with E-state index < -0.39 is 0 Å². The number of amides is 1. The summed E-state index contributed by atoms with van der Waals surface area (Å²) in [6.45, 7) is 4.18. The fourth-order valence-corrected chi connectivity index (χ4v) is 5.86. The van der Waals surface area contributed by atoms with Crippen molar-refractivity contribution in [3.05, 3.63) is 89.7 Å². The third kappa shape index (κ3) is 5.38. The van der Waals surface area contributed by atoms with Gasteiger partial charge in [0.1, 0.15) is 5.82 Å². The Bertz CT molecular complexity index is 1040. The summed E-state index contributed by atoms with van der Waals surface area (Å²) in [7, 11) is 0. The molecule has 0 saturated heterocycles. The number of anilines is 1. The summed E-state index contributed by atoms with van der Waals surface area (Å²) < 4.78 is 13.3. The number of benzene rings is 3. The van der Waals surface area contributed by atoms with E-state index >= 15 is 0 Å². The molecule has 1 unspecified atom stereocenters. The lowest BCUT2D eigenvalue weighted by molar-refractivity contribution is -0.117. The molecule has 3 aromatic rings. The Balaban J connectivity index is 1.41. The third-order valence-corrected chi connectivity index (χ3v) is 8.26. The molecule has 0 spiro atoms. The molecule has 32 heavy (non-hydrogen) atoms. The van der Waals surface area contributed by atoms with Gasteiger partial charge in [-0.1, -0.05) is 38.1 Å². The predicted octanol–water partition coefficient (Wildman–Crippen LogP) is 7.85. The Morgan fingerprint density at radius 3 is 2.12 bits per heavy atom. The fourth-order valence-electron chi connectivity index (χ4n) is 3.91. The lowest BCUT2D eigenvalue weighted by Crippen LogP contribution is -2.20. The summed E-state index contributed by atoms with van der Waals surface area (Å²) in [6.07, 6.45) is 2.96. The minimum Gasteiger partial charge on any atom is -0.326 e. The Kier molecular flexibility index (Phi) is 7.27. The molecule has 0 aromatic heterocycles. The van der Waals surface area contributed by atoms with Crippen LogP contribution in [-0.4, -0.2) is 11.7 Å². The standard InChI is InChI=1S/C27H28FNOS2/c1-3-25(19-5-13-23(14-6-19)31-4-2)26(30)29-22-11-7-20(8-12-22)27(17-18-27)32-24-15-9-21(28)10-16-24/h5-16,25H,3-4,17-18H2,1-2H3,(H,29,30). The number of rotatable bonds is 9. The first-order valence-corrected chi connectivity index (χ1v) is 12.9. The Morgan fingerprint density at radius 1 is 0.938 bits per heavy atom. The number of nitrogens with one attached hydrogen (secondary N) is 1. The molecule has 1 N–H and O–H groups in total. The third-order valence-electron chi connectivity index (χ3n) is 5.83. The van der Waals surface area contributed by atoms with Gasteiger partial charge in [-0.15, -0.1) is 23.5 Å². The normalized spacial score (nSPS) is 15.2. The van der Waals surface area contributed by atoms with E-state index in [0.29, 0.717) is 0 Å². The number of halogens is 1. The maximum absolute atomic E-state index is 13.2. The number of hydrogen-bond acceptors (Lipinski definition) is 3. The monoisotopic (exact) mass is 465 g/mol. The number of carbonyl (C=O) groups is 1. The first kappa shape index (κ1) is 22.9. The van der Waals surface area contributed by atoms with Crippen LogP contribution in [0, 0.1) is 5.82 Å². The van der Waals surface area contributed by atoms with Gasteiger partial charge in [-0.2, -0.15) is 0 Å². The lowest BCUT2D eigenvalue weighted by atomic mass is 9.95. The van der Waals surface area contributed by atoms with E-state index in [-0.39, 0.29) is 22.4 Å². The van der Waals surface area contributed by atoms with Crippen LogP contribution < -0.4 is 5.32 Å². The van der Waals surface area contributed by atoms with Gasteiger partial charge >= 0.3 is 0 Å². The molecule has 0 bridgehead atoms. The van der Waals surface area contributed by atoms with E-state index in [2.05, 4.69) is 48.6 Å². The summed E-state index contributed by atoms with van der Waals surface area (Å²) in [6, 6.07) is 23.2. The molecular formula is C27H28FNOS2. The van der Waals surface area contributed by atoms with Crippen LogP contribution >= 0.6 is 23.5 Å². The molecule has 1 atom stereocenters. The lowest BCUT2D eigenvalue weighted by Gasteiger charge is -2.18. The molecule has 0 radical (unpaired) electrons. The Morgan fingerprint density at radius 2 is 1.56 bits per heavy atom. The summed E-state index contributed by atoms with van der Waals surface area (Å²) in [5.41, 5.74) is 3.12. The molecule has 2 nitrogen and oxygen atoms in total. The summed E-state index contributed by atoms with van der Waals surface area (Å²) in [5, 5.41) is 3.09. The molecule has 4 rings (SSSR count). The first-order chi connectivity index (χ1) is 15.5. The fraction of sp³-hybridized carbons (Fsp3) is 0.296. The summed E-state index contributed by atoms with van der Waals surface area (Å²) in [5.74, 6) is 0.689. The average Bonchev–Trinajstić information content (AvgIpc) is 3.58. The van der Waals surface area contributed by atoms with Gasteiger partial charge in [0.05, 0.1) is 5.92 Å². The van der Waals surface area contributed by atoms with E-state index in [1.165, 1.54) is 22.6 Å². The molecular weight excluding hydrogens is 437 g/mol. The van der Waals surface area contributed by atoms with Crippen molar-refractivity contribution < 1.29 is 9.18 Å². The Hall–Kier alpha value is -2.24. The highest BCUT2D eigenvalue weighted by Crippen LogP contribution is 2.59. The van der Waals surface area contributed by atoms with Crippen molar-refractivity contribution in [2.45, 2.75) is 53.6 Å². The van der Waals surface area contributed by atoms with Crippen molar-refractivity contribution in [3.63, 3.8) is 0 Å². The minimum atomic E-state index is -0.208. The van der Waals surface area contributed by atoms with Crippen molar-refractivity contribution in [2.75, 3.05) is 11.1 Å². The predicted molar refractivity (Wildman–Crippen MR) is 134 cm³/mol. The highest BCUT2D eigenvalue weighted by atomic mass is 32.2. The van der Waals surface area contributed by atoms with Crippen molar-refractivity contribution >= 4 is 35.1 Å². The topological polar surface area (TPSA) is 29.1 Å². The number of hydrogen-bond donors (Lipinski definition) is 1. The van der Waals surface area contributed by atoms with Crippen molar-refractivity contribution in [1.82, 2.24) is 0 Å². The van der Waals surface area contributed by atoms with E-state index in [0.717, 1.165) is 41.2 Å². The highest BCUT2D eigenvalue weighted by molar-refractivity contribution is 8.00. The molecule has 1 aliphatic rings. The van der Waals surface area contributed by atoms with Gasteiger partial charge in [-0.05, 0) is 84.7 Å². The summed E-state index contributed by atoms with van der Waals surface area (Å²) >= 11 is 3.60. The number of carbonyl (C=O) groups excluding carboxylic acids is 1. The van der Waals surface area contributed by atoms with Crippen LogP contribution in [0.5, 0.6) is 0 Å². The molecule has 0 heterocycles. The molecule has 1 aliphatic carbocycles. The van der Waals surface area contributed by atoms with E-state index in [4.69, 9.17) is 0 Å². The van der Waals surface area contributed by atoms with Crippen molar-refractivity contribution in [3.8, 4) is 0 Å². The molecule has 166 valence electrons. The molecule has 1 fully saturated rings. The molecule has 1 saturated carbocycles. The highest BCUT2D eigenvalue weighted by Gasteiger charge is 2.45. The van der Waals surface area contributed by atoms with Crippen LogP contribution in [0.1, 0.15) is 50.2 Å². The summed E-state index contributed by atoms with van der Waals surface area (Å²) in [4.78, 5) is 15.3. The minimum absolute atomic E-state index is 0.0259. The van der Waals surface area contributed by atoms with Crippen molar-refractivity contribution in [1.29, 1.82) is 0 Å². The van der Waals surface area contributed by atoms with Gasteiger partial charge < -0.3 is 5.32 Å². The van der Waals surface area contributed by atoms with Crippen LogP contribution in [0.2, 0.25) is 0 Å². The van der Waals surface area contributed by atoms with Crippen LogP contribution in [0.25, 0.3) is 0 Å². The zero-order chi connectivity index (χ0) is 22.6. The van der Waals surface area contributed by atoms with Crippen molar-refractivity contribution in [2.24, 2.45) is 0 Å². The quantitative estimate of drug-likeness (QED) is 0.326. The molecule has 0 aliphatic heterocycles. The SMILES string of the molecule is CCSc1ccc(C(CC)C(=O)Nc2ccc(C3(Sc4ccc(F)cc4)CC3)cc2)cc1. The first-order valence-electron chi connectivity index (χ1n) is 11.1. The smallest absolute Gasteiger partial charge is 0.231 e. The molecule has 1 amide bonds. The Labute approximate surface area is 198 Å². The zero-order valence-corrected chi connectivity index (χ0v) is 20.1. The second-order valence-corrected chi connectivity index (χ2v) is 10.9. The van der Waals surface area contributed by atoms with Gasteiger partial charge in [0.15, 0.2) is 0 Å². The van der Waals surface area contributed by atoms with Crippen LogP contribution in [0.4, 0.5) is 10.1 Å². The van der Waals surface area contributed by atoms with Crippen LogP contribution in [-0.2, 0) is 9.54 Å². The van der Waals surface area contributed by atoms with Gasteiger partial charge in [0, 0.05) is 20.2 Å². The van der Waals surface area contributed by atoms with Gasteiger partial charge in [0.2, 0.25) is 5.91 Å². The molecule has 3 aromatic carbocycles. The van der Waals surface area contributed by atoms with E-state index in [1.54, 1.807) is 23.5 Å². The van der Waals surface area contributed by atoms with Gasteiger partial charge in [0.25, 0.3) is 0 Å². The van der Waals surface area contributed by atoms with E-state index in [9.17, 15) is 9.18 Å². The maximum atomic E-state index is 13.2.